The Hall–Kier alpha value is -2.93. The third-order valence-corrected chi connectivity index (χ3v) is 5.60. The van der Waals surface area contributed by atoms with Gasteiger partial charge in [-0.15, -0.1) is 0 Å². The lowest BCUT2D eigenvalue weighted by Gasteiger charge is -2.33. The molecule has 2 N–H and O–H groups in total. The molecule has 0 radical (unpaired) electrons. The van der Waals surface area contributed by atoms with Gasteiger partial charge in [-0.2, -0.15) is 0 Å². The molecule has 0 saturated heterocycles. The van der Waals surface area contributed by atoms with Crippen LogP contribution in [0, 0.1) is 0 Å². The summed E-state index contributed by atoms with van der Waals surface area (Å²) in [7, 11) is 5.43. The van der Waals surface area contributed by atoms with E-state index in [1.807, 2.05) is 24.3 Å². The Balaban J connectivity index is 1.74. The number of benzene rings is 2. The van der Waals surface area contributed by atoms with Gasteiger partial charge >= 0.3 is 0 Å². The molecule has 2 aliphatic rings. The van der Waals surface area contributed by atoms with Crippen molar-refractivity contribution in [3.63, 3.8) is 0 Å². The molecule has 2 aromatic carbocycles. The summed E-state index contributed by atoms with van der Waals surface area (Å²) in [4.78, 5) is 1.33. The van der Waals surface area contributed by atoms with Crippen molar-refractivity contribution in [1.82, 2.24) is 0 Å². The zero-order chi connectivity index (χ0) is 19.7. The molecule has 0 spiro atoms. The van der Waals surface area contributed by atoms with Gasteiger partial charge in [0.15, 0.2) is 11.5 Å². The average Bonchev–Trinajstić information content (AvgIpc) is 3.20. The fraction of sp³-hybridized carbons (Fsp3) is 0.381. The van der Waals surface area contributed by atoms with Crippen molar-refractivity contribution in [1.29, 1.82) is 0 Å². The van der Waals surface area contributed by atoms with Crippen LogP contribution in [-0.2, 0) is 6.42 Å². The zero-order valence-corrected chi connectivity index (χ0v) is 16.3. The van der Waals surface area contributed by atoms with Crippen LogP contribution in [0.15, 0.2) is 35.5 Å². The number of ether oxygens (including phenoxy) is 4. The van der Waals surface area contributed by atoms with Crippen molar-refractivity contribution >= 4 is 5.71 Å². The molecule has 148 valence electrons. The fourth-order valence-electron chi connectivity index (χ4n) is 4.11. The molecule has 1 unspecified atom stereocenters. The van der Waals surface area contributed by atoms with Crippen molar-refractivity contribution in [2.75, 3.05) is 34.6 Å². The molecular weight excluding hydrogens is 360 g/mol. The average molecular weight is 385 g/mol. The first-order valence-corrected chi connectivity index (χ1v) is 9.33. The molecule has 0 saturated carbocycles. The molecule has 2 atom stereocenters. The fourth-order valence-corrected chi connectivity index (χ4v) is 4.11. The topological polar surface area (TPSA) is 74.0 Å². The Morgan fingerprint density at radius 1 is 1.25 bits per heavy atom. The molecule has 7 heteroatoms. The summed E-state index contributed by atoms with van der Waals surface area (Å²) in [5.74, 6) is 2.84. The third kappa shape index (κ3) is 3.11. The van der Waals surface area contributed by atoms with Gasteiger partial charge in [-0.3, -0.25) is 0 Å². The van der Waals surface area contributed by atoms with Gasteiger partial charge in [0.2, 0.25) is 12.5 Å². The van der Waals surface area contributed by atoms with Crippen molar-refractivity contribution in [2.24, 2.45) is 5.16 Å². The van der Waals surface area contributed by atoms with Crippen LogP contribution < -0.4 is 23.8 Å². The first-order chi connectivity index (χ1) is 13.7. The van der Waals surface area contributed by atoms with Crippen molar-refractivity contribution < 1.29 is 29.1 Å². The lowest BCUT2D eigenvalue weighted by atomic mass is 9.87. The highest BCUT2D eigenvalue weighted by atomic mass is 16.7. The maximum Gasteiger partial charge on any atom is 0.231 e. The van der Waals surface area contributed by atoms with Crippen LogP contribution in [0.25, 0.3) is 0 Å². The molecule has 2 aliphatic heterocycles. The molecule has 2 aromatic rings. The van der Waals surface area contributed by atoms with Gasteiger partial charge in [-0.25, -0.2) is 0 Å². The number of oxime groups is 1. The van der Waals surface area contributed by atoms with Crippen LogP contribution in [0.2, 0.25) is 0 Å². The second-order valence-electron chi connectivity index (χ2n) is 7.10. The molecule has 2 heterocycles. The van der Waals surface area contributed by atoms with E-state index in [2.05, 4.69) is 18.3 Å². The second kappa shape index (κ2) is 7.59. The normalized spacial score (nSPS) is 20.6. The molecule has 0 bridgehead atoms. The summed E-state index contributed by atoms with van der Waals surface area (Å²) >= 11 is 0. The minimum atomic E-state index is 0.0605. The van der Waals surface area contributed by atoms with Crippen LogP contribution >= 0.6 is 0 Å². The summed E-state index contributed by atoms with van der Waals surface area (Å²) in [6.07, 6.45) is 1.48. The first kappa shape index (κ1) is 18.4. The summed E-state index contributed by atoms with van der Waals surface area (Å²) in [6.45, 7) is 1.17. The number of quaternary nitrogens is 1. The summed E-state index contributed by atoms with van der Waals surface area (Å²) < 4.78 is 22.3. The third-order valence-electron chi connectivity index (χ3n) is 5.60. The number of likely N-dealkylation sites (N-methyl/N-ethyl adjacent to an activating group) is 1. The Labute approximate surface area is 164 Å². The molecule has 7 nitrogen and oxygen atoms in total. The standard InChI is InChI=1S/C21H24N2O5/c1-23-8-7-14-10-18-20(28-12-27-18)21(26-3)19(14)17(23)11-16(22-24)13-5-4-6-15(9-13)25-2/h4-6,9-10,17,24H,7-8,11-12H2,1-3H3/p+1/b22-16+/t17-/m0/s1. The molecule has 0 fully saturated rings. The lowest BCUT2D eigenvalue weighted by molar-refractivity contribution is -0.913. The number of nitrogens with zero attached hydrogens (tertiary/aromatic N) is 1. The summed E-state index contributed by atoms with van der Waals surface area (Å²) in [5, 5.41) is 13.4. The monoisotopic (exact) mass is 385 g/mol. The Kier molecular flexibility index (Phi) is 5.00. The Morgan fingerprint density at radius 2 is 2.11 bits per heavy atom. The predicted octanol–water partition coefficient (Wildman–Crippen LogP) is 1.81. The molecule has 4 rings (SSSR count). The Bertz CT molecular complexity index is 912. The summed E-state index contributed by atoms with van der Waals surface area (Å²) in [6, 6.07) is 9.68. The van der Waals surface area contributed by atoms with E-state index >= 15 is 0 Å². The van der Waals surface area contributed by atoms with E-state index < -0.39 is 0 Å². The lowest BCUT2D eigenvalue weighted by Crippen LogP contribution is -3.10. The highest BCUT2D eigenvalue weighted by Crippen LogP contribution is 2.48. The highest BCUT2D eigenvalue weighted by Gasteiger charge is 2.37. The van der Waals surface area contributed by atoms with Crippen LogP contribution in [0.3, 0.4) is 0 Å². The summed E-state index contributed by atoms with van der Waals surface area (Å²) in [5.41, 5.74) is 3.73. The van der Waals surface area contributed by atoms with Gasteiger partial charge in [0.25, 0.3) is 0 Å². The van der Waals surface area contributed by atoms with E-state index in [-0.39, 0.29) is 12.8 Å². The number of nitrogens with one attached hydrogen (secondary N) is 1. The maximum absolute atomic E-state index is 9.75. The highest BCUT2D eigenvalue weighted by molar-refractivity contribution is 6.01. The van der Waals surface area contributed by atoms with E-state index in [0.29, 0.717) is 17.9 Å². The van der Waals surface area contributed by atoms with Crippen LogP contribution in [0.4, 0.5) is 0 Å². The van der Waals surface area contributed by atoms with Crippen LogP contribution in [0.1, 0.15) is 29.2 Å². The van der Waals surface area contributed by atoms with E-state index in [0.717, 1.165) is 41.3 Å². The molecule has 0 amide bonds. The van der Waals surface area contributed by atoms with Gasteiger partial charge in [-0.1, -0.05) is 17.3 Å². The van der Waals surface area contributed by atoms with Gasteiger partial charge in [0, 0.05) is 12.0 Å². The SMILES string of the molecule is COc1cccc(/C(C[C@H]2c3c(cc4c(c3OC)OCO4)CC[NH+]2C)=N/O)c1. The number of methoxy groups -OCH3 is 2. The van der Waals surface area contributed by atoms with Gasteiger partial charge in [-0.05, 0) is 23.8 Å². The van der Waals surface area contributed by atoms with Crippen LogP contribution in [0.5, 0.6) is 23.0 Å². The minimum absolute atomic E-state index is 0.0605. The van der Waals surface area contributed by atoms with E-state index in [1.165, 1.54) is 10.5 Å². The van der Waals surface area contributed by atoms with Gasteiger partial charge in [0.05, 0.1) is 45.5 Å². The quantitative estimate of drug-likeness (QED) is 0.467. The molecule has 28 heavy (non-hydrogen) atoms. The van der Waals surface area contributed by atoms with Crippen molar-refractivity contribution in [3.05, 3.63) is 47.0 Å². The zero-order valence-electron chi connectivity index (χ0n) is 16.3. The smallest absolute Gasteiger partial charge is 0.231 e. The molecule has 0 aromatic heterocycles. The second-order valence-corrected chi connectivity index (χ2v) is 7.10. The molecular formula is C21H25N2O5+. The number of fused-ring (bicyclic) bond motifs is 2. The van der Waals surface area contributed by atoms with Crippen molar-refractivity contribution in [2.45, 2.75) is 18.9 Å². The largest absolute Gasteiger partial charge is 0.497 e. The number of rotatable bonds is 5. The van der Waals surface area contributed by atoms with Crippen LogP contribution in [-0.4, -0.2) is 45.5 Å². The number of hydrogen-bond acceptors (Lipinski definition) is 6. The van der Waals surface area contributed by atoms with E-state index in [9.17, 15) is 5.21 Å². The number of hydrogen-bond donors (Lipinski definition) is 2. The van der Waals surface area contributed by atoms with Crippen molar-refractivity contribution in [3.8, 4) is 23.0 Å². The Morgan fingerprint density at radius 3 is 2.86 bits per heavy atom. The predicted molar refractivity (Wildman–Crippen MR) is 103 cm³/mol. The molecule has 0 aliphatic carbocycles. The minimum Gasteiger partial charge on any atom is -0.497 e. The van der Waals surface area contributed by atoms with E-state index in [4.69, 9.17) is 18.9 Å². The van der Waals surface area contributed by atoms with Gasteiger partial charge in [0.1, 0.15) is 11.8 Å². The van der Waals surface area contributed by atoms with E-state index in [1.54, 1.807) is 14.2 Å². The maximum atomic E-state index is 9.75. The van der Waals surface area contributed by atoms with Gasteiger partial charge < -0.3 is 29.1 Å². The first-order valence-electron chi connectivity index (χ1n) is 9.33.